The molecule has 7 heteroatoms. The van der Waals surface area contributed by atoms with Crippen LogP contribution in [0, 0.1) is 6.92 Å². The third-order valence-electron chi connectivity index (χ3n) is 4.65. The van der Waals surface area contributed by atoms with Crippen molar-refractivity contribution < 1.29 is 4.79 Å². The number of para-hydroxylation sites is 3. The summed E-state index contributed by atoms with van der Waals surface area (Å²) in [6, 6.07) is 16.9. The fourth-order valence-corrected chi connectivity index (χ4v) is 3.39. The van der Waals surface area contributed by atoms with Crippen LogP contribution in [0.4, 0.5) is 5.69 Å². The lowest BCUT2D eigenvalue weighted by molar-refractivity contribution is -0.119. The molecule has 0 atom stereocenters. The van der Waals surface area contributed by atoms with Crippen LogP contribution in [0.5, 0.6) is 0 Å². The van der Waals surface area contributed by atoms with Gasteiger partial charge in [-0.1, -0.05) is 30.3 Å². The molecule has 2 heterocycles. The second-order valence-corrected chi connectivity index (χ2v) is 6.26. The molecule has 136 valence electrons. The van der Waals surface area contributed by atoms with Gasteiger partial charge in [-0.2, -0.15) is 0 Å². The lowest BCUT2D eigenvalue weighted by Gasteiger charge is -2.22. The number of fused-ring (bicyclic) bond motifs is 3. The van der Waals surface area contributed by atoms with Gasteiger partial charge < -0.3 is 4.90 Å². The van der Waals surface area contributed by atoms with Gasteiger partial charge >= 0.3 is 0 Å². The SMILES string of the molecule is CCN(C(=O)Cn1c(=O)c2nnc(C)n2c2ccccc21)c1ccccc1. The summed E-state index contributed by atoms with van der Waals surface area (Å²) < 4.78 is 3.21. The normalized spacial score (nSPS) is 11.2. The Bertz CT molecular complexity index is 1190. The Kier molecular flexibility index (Phi) is 4.19. The third kappa shape index (κ3) is 2.77. The van der Waals surface area contributed by atoms with E-state index in [4.69, 9.17) is 0 Å². The van der Waals surface area contributed by atoms with E-state index in [-0.39, 0.29) is 23.7 Å². The Morgan fingerprint density at radius 1 is 1.00 bits per heavy atom. The summed E-state index contributed by atoms with van der Waals surface area (Å²) in [5.74, 6) is 0.479. The van der Waals surface area contributed by atoms with E-state index in [2.05, 4.69) is 10.2 Å². The van der Waals surface area contributed by atoms with Crippen molar-refractivity contribution in [3.05, 3.63) is 70.8 Å². The zero-order valence-corrected chi connectivity index (χ0v) is 15.2. The largest absolute Gasteiger partial charge is 0.311 e. The minimum Gasteiger partial charge on any atom is -0.311 e. The van der Waals surface area contributed by atoms with Crippen LogP contribution in [-0.4, -0.2) is 31.6 Å². The van der Waals surface area contributed by atoms with Crippen molar-refractivity contribution in [2.45, 2.75) is 20.4 Å². The lowest BCUT2D eigenvalue weighted by atomic mass is 10.2. The number of amides is 1. The van der Waals surface area contributed by atoms with Crippen LogP contribution in [0.15, 0.2) is 59.4 Å². The molecule has 0 spiro atoms. The lowest BCUT2D eigenvalue weighted by Crippen LogP contribution is -2.37. The van der Waals surface area contributed by atoms with Gasteiger partial charge in [-0.05, 0) is 38.1 Å². The van der Waals surface area contributed by atoms with E-state index in [0.717, 1.165) is 11.2 Å². The van der Waals surface area contributed by atoms with Gasteiger partial charge in [0, 0.05) is 12.2 Å². The van der Waals surface area contributed by atoms with Crippen molar-refractivity contribution in [1.82, 2.24) is 19.2 Å². The molecule has 0 aliphatic carbocycles. The summed E-state index contributed by atoms with van der Waals surface area (Å²) in [5, 5.41) is 8.04. The maximum atomic E-state index is 13.0. The summed E-state index contributed by atoms with van der Waals surface area (Å²) in [5.41, 5.74) is 2.18. The van der Waals surface area contributed by atoms with Crippen LogP contribution in [0.3, 0.4) is 0 Å². The molecule has 0 saturated heterocycles. The fourth-order valence-electron chi connectivity index (χ4n) is 3.39. The van der Waals surface area contributed by atoms with E-state index in [1.165, 1.54) is 4.57 Å². The zero-order valence-electron chi connectivity index (χ0n) is 15.2. The monoisotopic (exact) mass is 361 g/mol. The second kappa shape index (κ2) is 6.68. The van der Waals surface area contributed by atoms with E-state index in [1.54, 1.807) is 16.2 Å². The van der Waals surface area contributed by atoms with E-state index in [1.807, 2.05) is 61.5 Å². The number of aromatic nitrogens is 4. The van der Waals surface area contributed by atoms with Gasteiger partial charge in [0.2, 0.25) is 11.6 Å². The second-order valence-electron chi connectivity index (χ2n) is 6.26. The number of likely N-dealkylation sites (N-methyl/N-ethyl adjacent to an activating group) is 1. The summed E-state index contributed by atoms with van der Waals surface area (Å²) in [7, 11) is 0. The maximum Gasteiger partial charge on any atom is 0.297 e. The molecule has 0 fully saturated rings. The minimum absolute atomic E-state index is 0.0650. The fraction of sp³-hybridized carbons (Fsp3) is 0.200. The Labute approximate surface area is 155 Å². The van der Waals surface area contributed by atoms with Gasteiger partial charge in [0.15, 0.2) is 0 Å². The highest BCUT2D eigenvalue weighted by Gasteiger charge is 2.19. The highest BCUT2D eigenvalue weighted by molar-refractivity contribution is 5.94. The molecule has 0 bridgehead atoms. The molecular weight excluding hydrogens is 342 g/mol. The third-order valence-corrected chi connectivity index (χ3v) is 4.65. The van der Waals surface area contributed by atoms with Gasteiger partial charge in [0.1, 0.15) is 12.4 Å². The first kappa shape index (κ1) is 17.0. The van der Waals surface area contributed by atoms with Crippen molar-refractivity contribution in [1.29, 1.82) is 0 Å². The molecule has 0 aliphatic rings. The Morgan fingerprint density at radius 2 is 1.67 bits per heavy atom. The van der Waals surface area contributed by atoms with E-state index in [0.29, 0.717) is 17.9 Å². The summed E-state index contributed by atoms with van der Waals surface area (Å²) in [6.07, 6.45) is 0. The number of hydrogen-bond acceptors (Lipinski definition) is 4. The van der Waals surface area contributed by atoms with Crippen molar-refractivity contribution >= 4 is 28.3 Å². The minimum atomic E-state index is -0.327. The van der Waals surface area contributed by atoms with Gasteiger partial charge in [-0.15, -0.1) is 10.2 Å². The average Bonchev–Trinajstić information content (AvgIpc) is 3.08. The highest BCUT2D eigenvalue weighted by atomic mass is 16.2. The smallest absolute Gasteiger partial charge is 0.297 e. The molecule has 2 aromatic heterocycles. The summed E-state index contributed by atoms with van der Waals surface area (Å²) >= 11 is 0. The predicted octanol–water partition coefficient (Wildman–Crippen LogP) is 2.41. The van der Waals surface area contributed by atoms with Gasteiger partial charge in [-0.3, -0.25) is 18.6 Å². The molecule has 0 N–H and O–H groups in total. The Balaban J connectivity index is 1.85. The topological polar surface area (TPSA) is 72.5 Å². The quantitative estimate of drug-likeness (QED) is 0.560. The molecule has 2 aromatic carbocycles. The summed E-state index contributed by atoms with van der Waals surface area (Å²) in [4.78, 5) is 27.7. The van der Waals surface area contributed by atoms with Gasteiger partial charge in [0.25, 0.3) is 5.56 Å². The standard InChI is InChI=1S/C20H19N5O2/c1-3-23(15-9-5-4-6-10-15)18(26)13-24-16-11-7-8-12-17(16)25-14(2)21-22-19(25)20(24)27/h4-12H,3,13H2,1-2H3. The van der Waals surface area contributed by atoms with Gasteiger partial charge in [-0.25, -0.2) is 0 Å². The Hall–Kier alpha value is -3.48. The first-order chi connectivity index (χ1) is 13.1. The number of hydrogen-bond donors (Lipinski definition) is 0. The van der Waals surface area contributed by atoms with Crippen LogP contribution in [-0.2, 0) is 11.3 Å². The van der Waals surface area contributed by atoms with Crippen LogP contribution < -0.4 is 10.5 Å². The summed E-state index contributed by atoms with van der Waals surface area (Å²) in [6.45, 7) is 4.17. The predicted molar refractivity (Wildman–Crippen MR) is 104 cm³/mol. The van der Waals surface area contributed by atoms with Crippen molar-refractivity contribution in [2.24, 2.45) is 0 Å². The average molecular weight is 361 g/mol. The van der Waals surface area contributed by atoms with Crippen LogP contribution in [0.1, 0.15) is 12.7 Å². The first-order valence-corrected chi connectivity index (χ1v) is 8.80. The highest BCUT2D eigenvalue weighted by Crippen LogP contribution is 2.17. The number of benzene rings is 2. The molecule has 7 nitrogen and oxygen atoms in total. The van der Waals surface area contributed by atoms with Crippen LogP contribution >= 0.6 is 0 Å². The van der Waals surface area contributed by atoms with Gasteiger partial charge in [0.05, 0.1) is 11.0 Å². The van der Waals surface area contributed by atoms with Crippen LogP contribution in [0.2, 0.25) is 0 Å². The van der Waals surface area contributed by atoms with Crippen LogP contribution in [0.25, 0.3) is 16.7 Å². The molecule has 0 radical (unpaired) electrons. The molecular formula is C20H19N5O2. The number of anilines is 1. The molecule has 1 amide bonds. The van der Waals surface area contributed by atoms with Crippen molar-refractivity contribution in [2.75, 3.05) is 11.4 Å². The van der Waals surface area contributed by atoms with E-state index in [9.17, 15) is 9.59 Å². The van der Waals surface area contributed by atoms with Crippen molar-refractivity contribution in [3.8, 4) is 0 Å². The first-order valence-electron chi connectivity index (χ1n) is 8.80. The molecule has 4 aromatic rings. The molecule has 0 unspecified atom stereocenters. The molecule has 0 aliphatic heterocycles. The molecule has 0 saturated carbocycles. The van der Waals surface area contributed by atoms with E-state index < -0.39 is 0 Å². The van der Waals surface area contributed by atoms with Crippen molar-refractivity contribution in [3.63, 3.8) is 0 Å². The number of carbonyl (C=O) groups is 1. The van der Waals surface area contributed by atoms with E-state index >= 15 is 0 Å². The molecule has 4 rings (SSSR count). The number of rotatable bonds is 4. The maximum absolute atomic E-state index is 13.0. The number of nitrogens with zero attached hydrogens (tertiary/aromatic N) is 5. The number of carbonyl (C=O) groups excluding carboxylic acids is 1. The number of aryl methyl sites for hydroxylation is 1. The Morgan fingerprint density at radius 3 is 2.37 bits per heavy atom. The molecule has 27 heavy (non-hydrogen) atoms. The zero-order chi connectivity index (χ0) is 19.0.